The fourth-order valence-corrected chi connectivity index (χ4v) is 2.93. The highest BCUT2D eigenvalue weighted by Crippen LogP contribution is 2.32. The maximum absolute atomic E-state index is 4.38. The second kappa shape index (κ2) is 7.87. The highest BCUT2D eigenvalue weighted by atomic mass is 32.1. The number of thiophene rings is 1. The quantitative estimate of drug-likeness (QED) is 0.789. The number of aromatic nitrogens is 2. The van der Waals surface area contributed by atoms with E-state index in [1.807, 2.05) is 12.2 Å². The molecule has 0 radical (unpaired) electrons. The summed E-state index contributed by atoms with van der Waals surface area (Å²) >= 11 is 1.69. The predicted molar refractivity (Wildman–Crippen MR) is 97.4 cm³/mol. The number of allylic oxidation sites excluding steroid dienone is 5. The van der Waals surface area contributed by atoms with Gasteiger partial charge in [0.15, 0.2) is 0 Å². The SMILES string of the molecule is C=C/C=C\C=C(/C)c1cc2c(NCCN(C)C)ncnc2s1. The first-order chi connectivity index (χ1) is 10.6. The van der Waals surface area contributed by atoms with E-state index in [-0.39, 0.29) is 0 Å². The van der Waals surface area contributed by atoms with E-state index in [4.69, 9.17) is 0 Å². The molecule has 1 N–H and O–H groups in total. The minimum atomic E-state index is 0.862. The molecule has 0 unspecified atom stereocenters. The molecule has 0 saturated heterocycles. The summed E-state index contributed by atoms with van der Waals surface area (Å²) in [6, 6.07) is 2.16. The van der Waals surface area contributed by atoms with Crippen LogP contribution in [0.5, 0.6) is 0 Å². The van der Waals surface area contributed by atoms with Gasteiger partial charge < -0.3 is 10.2 Å². The van der Waals surface area contributed by atoms with Crippen LogP contribution in [0.2, 0.25) is 0 Å². The lowest BCUT2D eigenvalue weighted by Crippen LogP contribution is -2.21. The molecular formula is C17H22N4S. The van der Waals surface area contributed by atoms with Crippen LogP contribution in [0.15, 0.2) is 43.3 Å². The fraction of sp³-hybridized carbons (Fsp3) is 0.294. The van der Waals surface area contributed by atoms with E-state index in [1.165, 1.54) is 10.5 Å². The number of rotatable bonds is 7. The average molecular weight is 314 g/mol. The van der Waals surface area contributed by atoms with Crippen LogP contribution in [-0.2, 0) is 0 Å². The Morgan fingerprint density at radius 3 is 2.91 bits per heavy atom. The maximum atomic E-state index is 4.38. The first-order valence-corrected chi connectivity index (χ1v) is 8.03. The summed E-state index contributed by atoms with van der Waals surface area (Å²) in [6.45, 7) is 7.60. The number of nitrogens with zero attached hydrogens (tertiary/aromatic N) is 3. The minimum Gasteiger partial charge on any atom is -0.368 e. The first kappa shape index (κ1) is 16.4. The molecular weight excluding hydrogens is 292 g/mol. The van der Waals surface area contributed by atoms with E-state index in [0.717, 1.165) is 29.1 Å². The average Bonchev–Trinajstić information content (AvgIpc) is 2.92. The van der Waals surface area contributed by atoms with Gasteiger partial charge in [-0.2, -0.15) is 0 Å². The van der Waals surface area contributed by atoms with Gasteiger partial charge in [0.1, 0.15) is 17.0 Å². The molecule has 5 heteroatoms. The lowest BCUT2D eigenvalue weighted by Gasteiger charge is -2.10. The lowest BCUT2D eigenvalue weighted by molar-refractivity contribution is 0.425. The molecule has 0 aromatic carbocycles. The van der Waals surface area contributed by atoms with E-state index < -0.39 is 0 Å². The molecule has 116 valence electrons. The standard InChI is InChI=1S/C17H22N4S/c1-5-6-7-8-13(2)15-11-14-16(18-9-10-21(3)4)19-12-20-17(14)22-15/h5-8,11-12H,1,9-10H2,2-4H3,(H,18,19,20)/b7-6-,13-8+. The molecule has 0 atom stereocenters. The Morgan fingerprint density at radius 1 is 1.36 bits per heavy atom. The van der Waals surface area contributed by atoms with Gasteiger partial charge in [0.2, 0.25) is 0 Å². The van der Waals surface area contributed by atoms with Gasteiger partial charge in [-0.05, 0) is 32.7 Å². The Balaban J connectivity index is 2.24. The second-order valence-electron chi connectivity index (χ2n) is 5.25. The number of likely N-dealkylation sites (N-methyl/N-ethyl adjacent to an activating group) is 1. The number of hydrogen-bond donors (Lipinski definition) is 1. The van der Waals surface area contributed by atoms with Crippen molar-refractivity contribution < 1.29 is 0 Å². The largest absolute Gasteiger partial charge is 0.368 e. The minimum absolute atomic E-state index is 0.862. The van der Waals surface area contributed by atoms with E-state index >= 15 is 0 Å². The molecule has 0 aliphatic rings. The van der Waals surface area contributed by atoms with E-state index in [0.29, 0.717) is 0 Å². The molecule has 0 amide bonds. The van der Waals surface area contributed by atoms with Crippen molar-refractivity contribution in [2.75, 3.05) is 32.5 Å². The summed E-state index contributed by atoms with van der Waals surface area (Å²) in [4.78, 5) is 13.1. The number of nitrogens with one attached hydrogen (secondary N) is 1. The fourth-order valence-electron chi connectivity index (χ4n) is 1.95. The predicted octanol–water partition coefficient (Wildman–Crippen LogP) is 3.81. The molecule has 2 aromatic rings. The summed E-state index contributed by atoms with van der Waals surface area (Å²) in [5, 5.41) is 4.48. The van der Waals surface area contributed by atoms with Gasteiger partial charge in [-0.3, -0.25) is 0 Å². The summed E-state index contributed by atoms with van der Waals surface area (Å²) < 4.78 is 0. The molecule has 0 saturated carbocycles. The zero-order valence-electron chi connectivity index (χ0n) is 13.3. The smallest absolute Gasteiger partial charge is 0.138 e. The van der Waals surface area contributed by atoms with Crippen LogP contribution in [0.1, 0.15) is 11.8 Å². The van der Waals surface area contributed by atoms with Crippen molar-refractivity contribution in [3.8, 4) is 0 Å². The molecule has 2 rings (SSSR count). The van der Waals surface area contributed by atoms with Crippen molar-refractivity contribution in [1.29, 1.82) is 0 Å². The molecule has 22 heavy (non-hydrogen) atoms. The number of fused-ring (bicyclic) bond motifs is 1. The third-order valence-corrected chi connectivity index (χ3v) is 4.34. The molecule has 2 aromatic heterocycles. The van der Waals surface area contributed by atoms with Crippen molar-refractivity contribution in [1.82, 2.24) is 14.9 Å². The maximum Gasteiger partial charge on any atom is 0.138 e. The van der Waals surface area contributed by atoms with Crippen molar-refractivity contribution in [3.63, 3.8) is 0 Å². The van der Waals surface area contributed by atoms with Gasteiger partial charge in [0.25, 0.3) is 0 Å². The molecule has 4 nitrogen and oxygen atoms in total. The Morgan fingerprint density at radius 2 is 2.18 bits per heavy atom. The van der Waals surface area contributed by atoms with Crippen LogP contribution in [0, 0.1) is 0 Å². The zero-order valence-corrected chi connectivity index (χ0v) is 14.2. The summed E-state index contributed by atoms with van der Waals surface area (Å²) in [6.07, 6.45) is 9.39. The Labute approximate surface area is 135 Å². The van der Waals surface area contributed by atoms with Gasteiger partial charge in [-0.25, -0.2) is 9.97 Å². The monoisotopic (exact) mass is 314 g/mol. The van der Waals surface area contributed by atoms with Gasteiger partial charge >= 0.3 is 0 Å². The Hall–Kier alpha value is -1.98. The summed E-state index contributed by atoms with van der Waals surface area (Å²) in [5.41, 5.74) is 1.21. The van der Waals surface area contributed by atoms with Crippen LogP contribution >= 0.6 is 11.3 Å². The number of anilines is 1. The van der Waals surface area contributed by atoms with Crippen LogP contribution in [0.3, 0.4) is 0 Å². The van der Waals surface area contributed by atoms with E-state index in [9.17, 15) is 0 Å². The lowest BCUT2D eigenvalue weighted by atomic mass is 10.2. The van der Waals surface area contributed by atoms with Crippen LogP contribution in [0.4, 0.5) is 5.82 Å². The van der Waals surface area contributed by atoms with Crippen molar-refractivity contribution >= 4 is 32.9 Å². The van der Waals surface area contributed by atoms with Crippen molar-refractivity contribution in [2.24, 2.45) is 0 Å². The summed E-state index contributed by atoms with van der Waals surface area (Å²) in [7, 11) is 4.12. The highest BCUT2D eigenvalue weighted by molar-refractivity contribution is 7.19. The molecule has 0 spiro atoms. The van der Waals surface area contributed by atoms with Gasteiger partial charge in [0.05, 0.1) is 5.39 Å². The number of hydrogen-bond acceptors (Lipinski definition) is 5. The first-order valence-electron chi connectivity index (χ1n) is 7.21. The van der Waals surface area contributed by atoms with Gasteiger partial charge in [-0.15, -0.1) is 11.3 Å². The topological polar surface area (TPSA) is 41.0 Å². The van der Waals surface area contributed by atoms with Crippen LogP contribution in [-0.4, -0.2) is 42.1 Å². The van der Waals surface area contributed by atoms with E-state index in [2.05, 4.69) is 59.9 Å². The van der Waals surface area contributed by atoms with Gasteiger partial charge in [0, 0.05) is 18.0 Å². The van der Waals surface area contributed by atoms with E-state index in [1.54, 1.807) is 23.7 Å². The molecule has 0 aliphatic heterocycles. The normalized spacial score (nSPS) is 12.5. The third-order valence-electron chi connectivity index (χ3n) is 3.16. The summed E-state index contributed by atoms with van der Waals surface area (Å²) in [5.74, 6) is 0.906. The molecule has 0 aliphatic carbocycles. The van der Waals surface area contributed by atoms with Crippen LogP contribution in [0.25, 0.3) is 15.8 Å². The van der Waals surface area contributed by atoms with Crippen molar-refractivity contribution in [3.05, 3.63) is 48.2 Å². The third kappa shape index (κ3) is 4.26. The second-order valence-corrected chi connectivity index (χ2v) is 6.28. The van der Waals surface area contributed by atoms with Crippen LogP contribution < -0.4 is 5.32 Å². The Kier molecular flexibility index (Phi) is 5.86. The Bertz CT molecular complexity index is 698. The van der Waals surface area contributed by atoms with Crippen molar-refractivity contribution in [2.45, 2.75) is 6.92 Å². The highest BCUT2D eigenvalue weighted by Gasteiger charge is 2.09. The molecule has 0 bridgehead atoms. The molecule has 0 fully saturated rings. The zero-order chi connectivity index (χ0) is 15.9. The van der Waals surface area contributed by atoms with Gasteiger partial charge in [-0.1, -0.05) is 30.9 Å². The molecule has 2 heterocycles.